The van der Waals surface area contributed by atoms with Crippen LogP contribution in [0.5, 0.6) is 0 Å². The van der Waals surface area contributed by atoms with E-state index in [0.717, 1.165) is 55.3 Å². The third kappa shape index (κ3) is 5.45. The zero-order valence-corrected chi connectivity index (χ0v) is 17.8. The number of likely N-dealkylation sites (tertiary alicyclic amines) is 1. The summed E-state index contributed by atoms with van der Waals surface area (Å²) < 4.78 is 2.23. The monoisotopic (exact) mass is 387 g/mol. The highest BCUT2D eigenvalue weighted by atomic mass is 32.1. The summed E-state index contributed by atoms with van der Waals surface area (Å²) in [6, 6.07) is 6.24. The maximum Gasteiger partial charge on any atom is 0.253 e. The van der Waals surface area contributed by atoms with Crippen molar-refractivity contribution in [1.29, 1.82) is 0 Å². The number of piperidine rings is 1. The highest BCUT2D eigenvalue weighted by Crippen LogP contribution is 2.19. The standard InChI is InChI=1S/C22H33N3OS/c1-17-8-12-24(13-9-17)11-5-4-10-23-22(26)21-15-18(2)25(19(21)3)16-20-7-6-14-27-20/h6-7,14-15,17H,4-5,8-13,16H2,1-3H3,(H,23,26). The molecule has 4 nitrogen and oxygen atoms in total. The molecule has 3 heterocycles. The van der Waals surface area contributed by atoms with E-state index in [4.69, 9.17) is 0 Å². The molecule has 148 valence electrons. The van der Waals surface area contributed by atoms with Crippen LogP contribution < -0.4 is 5.32 Å². The Labute approximate surface area is 167 Å². The lowest BCUT2D eigenvalue weighted by Crippen LogP contribution is -2.34. The lowest BCUT2D eigenvalue weighted by Gasteiger charge is -2.30. The molecule has 0 aromatic carbocycles. The highest BCUT2D eigenvalue weighted by molar-refractivity contribution is 7.09. The normalized spacial score (nSPS) is 16.0. The van der Waals surface area contributed by atoms with Crippen LogP contribution in [0.3, 0.4) is 0 Å². The predicted octanol–water partition coefficient (Wildman–Crippen LogP) is 4.46. The van der Waals surface area contributed by atoms with Crippen molar-refractivity contribution in [3.63, 3.8) is 0 Å². The van der Waals surface area contributed by atoms with Gasteiger partial charge in [0, 0.05) is 22.8 Å². The predicted molar refractivity (Wildman–Crippen MR) is 114 cm³/mol. The van der Waals surface area contributed by atoms with Gasteiger partial charge in [-0.25, -0.2) is 0 Å². The first-order valence-electron chi connectivity index (χ1n) is 10.2. The number of rotatable bonds is 8. The molecule has 2 aromatic heterocycles. The van der Waals surface area contributed by atoms with E-state index in [-0.39, 0.29) is 5.91 Å². The number of aryl methyl sites for hydroxylation is 1. The highest BCUT2D eigenvalue weighted by Gasteiger charge is 2.17. The van der Waals surface area contributed by atoms with Gasteiger partial charge in [0.1, 0.15) is 0 Å². The second kappa shape index (κ2) is 9.56. The van der Waals surface area contributed by atoms with E-state index in [2.05, 4.69) is 46.1 Å². The van der Waals surface area contributed by atoms with E-state index in [9.17, 15) is 4.79 Å². The van der Waals surface area contributed by atoms with E-state index in [1.54, 1.807) is 11.3 Å². The number of hydrogen-bond acceptors (Lipinski definition) is 3. The average molecular weight is 388 g/mol. The molecule has 0 unspecified atom stereocenters. The Morgan fingerprint density at radius 3 is 2.74 bits per heavy atom. The number of aromatic nitrogens is 1. The zero-order chi connectivity index (χ0) is 19.2. The fourth-order valence-electron chi connectivity index (χ4n) is 3.88. The van der Waals surface area contributed by atoms with Crippen molar-refractivity contribution in [2.45, 2.75) is 53.0 Å². The number of nitrogens with one attached hydrogen (secondary N) is 1. The van der Waals surface area contributed by atoms with Crippen LogP contribution in [0.25, 0.3) is 0 Å². The smallest absolute Gasteiger partial charge is 0.253 e. The van der Waals surface area contributed by atoms with E-state index >= 15 is 0 Å². The maximum absolute atomic E-state index is 12.6. The Balaban J connectivity index is 1.43. The van der Waals surface area contributed by atoms with Gasteiger partial charge in [-0.05, 0) is 82.6 Å². The molecule has 0 atom stereocenters. The summed E-state index contributed by atoms with van der Waals surface area (Å²) in [5, 5.41) is 5.21. The number of nitrogens with zero attached hydrogens (tertiary/aromatic N) is 2. The van der Waals surface area contributed by atoms with Crippen LogP contribution in [0.1, 0.15) is 59.2 Å². The van der Waals surface area contributed by atoms with Gasteiger partial charge in [0.05, 0.1) is 12.1 Å². The fraction of sp³-hybridized carbons (Fsp3) is 0.591. The molecule has 1 fully saturated rings. The number of amides is 1. The van der Waals surface area contributed by atoms with Gasteiger partial charge in [0.25, 0.3) is 5.91 Å². The minimum absolute atomic E-state index is 0.0623. The van der Waals surface area contributed by atoms with Crippen molar-refractivity contribution < 1.29 is 4.79 Å². The Hall–Kier alpha value is -1.59. The Kier molecular flexibility index (Phi) is 7.13. The second-order valence-corrected chi connectivity index (χ2v) is 8.97. The molecule has 1 saturated heterocycles. The Morgan fingerprint density at radius 2 is 2.04 bits per heavy atom. The molecular weight excluding hydrogens is 354 g/mol. The first kappa shape index (κ1) is 20.2. The van der Waals surface area contributed by atoms with E-state index in [1.807, 2.05) is 13.0 Å². The van der Waals surface area contributed by atoms with Crippen LogP contribution in [0.2, 0.25) is 0 Å². The lowest BCUT2D eigenvalue weighted by atomic mass is 9.99. The molecule has 0 saturated carbocycles. The number of hydrogen-bond donors (Lipinski definition) is 1. The molecule has 1 N–H and O–H groups in total. The maximum atomic E-state index is 12.6. The van der Waals surface area contributed by atoms with Crippen molar-refractivity contribution in [1.82, 2.24) is 14.8 Å². The third-order valence-electron chi connectivity index (χ3n) is 5.78. The van der Waals surface area contributed by atoms with Gasteiger partial charge in [-0.15, -0.1) is 11.3 Å². The summed E-state index contributed by atoms with van der Waals surface area (Å²) in [7, 11) is 0. The van der Waals surface area contributed by atoms with Crippen LogP contribution in [-0.4, -0.2) is 41.6 Å². The van der Waals surface area contributed by atoms with Gasteiger partial charge in [-0.1, -0.05) is 13.0 Å². The van der Waals surface area contributed by atoms with E-state index in [0.29, 0.717) is 0 Å². The van der Waals surface area contributed by atoms with Crippen molar-refractivity contribution in [2.24, 2.45) is 5.92 Å². The van der Waals surface area contributed by atoms with Crippen LogP contribution >= 0.6 is 11.3 Å². The molecule has 0 spiro atoms. The number of carbonyl (C=O) groups is 1. The van der Waals surface area contributed by atoms with Crippen molar-refractivity contribution >= 4 is 17.2 Å². The summed E-state index contributed by atoms with van der Waals surface area (Å²) in [4.78, 5) is 16.5. The van der Waals surface area contributed by atoms with Crippen LogP contribution in [0.4, 0.5) is 0 Å². The molecule has 0 bridgehead atoms. The third-order valence-corrected chi connectivity index (χ3v) is 6.64. The number of thiophene rings is 1. The zero-order valence-electron chi connectivity index (χ0n) is 17.0. The molecule has 1 aliphatic rings. The number of carbonyl (C=O) groups excluding carboxylic acids is 1. The number of unbranched alkanes of at least 4 members (excludes halogenated alkanes) is 1. The summed E-state index contributed by atoms with van der Waals surface area (Å²) in [5.74, 6) is 0.951. The van der Waals surface area contributed by atoms with Crippen LogP contribution in [0.15, 0.2) is 23.6 Å². The van der Waals surface area contributed by atoms with Crippen molar-refractivity contribution in [2.75, 3.05) is 26.2 Å². The lowest BCUT2D eigenvalue weighted by molar-refractivity contribution is 0.0951. The second-order valence-electron chi connectivity index (χ2n) is 7.94. The van der Waals surface area contributed by atoms with Crippen LogP contribution in [-0.2, 0) is 6.54 Å². The summed E-state index contributed by atoms with van der Waals surface area (Å²) in [6.45, 7) is 11.7. The molecule has 1 aliphatic heterocycles. The summed E-state index contributed by atoms with van der Waals surface area (Å²) >= 11 is 1.76. The van der Waals surface area contributed by atoms with E-state index < -0.39 is 0 Å². The van der Waals surface area contributed by atoms with Crippen molar-refractivity contribution in [3.05, 3.63) is 45.4 Å². The molecule has 0 radical (unpaired) electrons. The SMILES string of the molecule is Cc1cc(C(=O)NCCCCN2CCC(C)CC2)c(C)n1Cc1cccs1. The van der Waals surface area contributed by atoms with Gasteiger partial charge in [-0.3, -0.25) is 4.79 Å². The first-order chi connectivity index (χ1) is 13.0. The van der Waals surface area contributed by atoms with Gasteiger partial charge < -0.3 is 14.8 Å². The quantitative estimate of drug-likeness (QED) is 0.679. The topological polar surface area (TPSA) is 37.3 Å². The minimum atomic E-state index is 0.0623. The van der Waals surface area contributed by atoms with Gasteiger partial charge in [-0.2, -0.15) is 0 Å². The van der Waals surface area contributed by atoms with Crippen LogP contribution in [0, 0.1) is 19.8 Å². The molecule has 2 aromatic rings. The summed E-state index contributed by atoms with van der Waals surface area (Å²) in [6.07, 6.45) is 4.87. The first-order valence-corrected chi connectivity index (χ1v) is 11.1. The van der Waals surface area contributed by atoms with E-state index in [1.165, 1.54) is 30.8 Å². The Bertz CT molecular complexity index is 727. The molecule has 5 heteroatoms. The molecule has 27 heavy (non-hydrogen) atoms. The molecule has 3 rings (SSSR count). The van der Waals surface area contributed by atoms with Gasteiger partial charge >= 0.3 is 0 Å². The van der Waals surface area contributed by atoms with Crippen molar-refractivity contribution in [3.8, 4) is 0 Å². The average Bonchev–Trinajstić information content (AvgIpc) is 3.26. The Morgan fingerprint density at radius 1 is 1.26 bits per heavy atom. The fourth-order valence-corrected chi connectivity index (χ4v) is 4.57. The summed E-state index contributed by atoms with van der Waals surface area (Å²) in [5.41, 5.74) is 3.01. The van der Waals surface area contributed by atoms with Gasteiger partial charge in [0.2, 0.25) is 0 Å². The molecule has 0 aliphatic carbocycles. The molecular formula is C22H33N3OS. The molecule has 1 amide bonds. The largest absolute Gasteiger partial charge is 0.352 e. The minimum Gasteiger partial charge on any atom is -0.352 e. The van der Waals surface area contributed by atoms with Gasteiger partial charge in [0.15, 0.2) is 0 Å².